The Kier molecular flexibility index (Phi) is 17.1. The molecule has 0 saturated carbocycles. The number of rotatable bonds is 8. The fourth-order valence-electron chi connectivity index (χ4n) is 8.45. The van der Waals surface area contributed by atoms with Crippen LogP contribution in [0.15, 0.2) is 72.1 Å². The minimum absolute atomic E-state index is 0.000972. The summed E-state index contributed by atoms with van der Waals surface area (Å²) < 4.78 is 42.4. The number of esters is 3. The van der Waals surface area contributed by atoms with Crippen LogP contribution < -0.4 is 0 Å². The molecule has 0 spiro atoms. The molecule has 0 aliphatic carbocycles. The van der Waals surface area contributed by atoms with Crippen molar-refractivity contribution in [3.8, 4) is 0 Å². The number of ether oxygens (including phenoxy) is 7. The van der Waals surface area contributed by atoms with Crippen LogP contribution in [0.25, 0.3) is 0 Å². The summed E-state index contributed by atoms with van der Waals surface area (Å²) in [5.41, 5.74) is -1.18. The summed E-state index contributed by atoms with van der Waals surface area (Å²) in [4.78, 5) is 38.5. The van der Waals surface area contributed by atoms with Gasteiger partial charge in [0.1, 0.15) is 12.2 Å². The lowest BCUT2D eigenvalue weighted by atomic mass is 9.70. The summed E-state index contributed by atoms with van der Waals surface area (Å²) in [6.07, 6.45) is 9.00. The molecule has 4 N–H and O–H groups in total. The Morgan fingerprint density at radius 2 is 1.68 bits per heavy atom. The number of hydrogen-bond donors (Lipinski definition) is 4. The highest BCUT2D eigenvalue weighted by Gasteiger charge is 2.59. The zero-order chi connectivity index (χ0) is 44.5. The van der Waals surface area contributed by atoms with Gasteiger partial charge in [0.05, 0.1) is 55.4 Å². The molecule has 0 unspecified atom stereocenters. The molecule has 3 saturated heterocycles. The van der Waals surface area contributed by atoms with Crippen LogP contribution in [0.3, 0.4) is 0 Å². The number of unbranched alkanes of at least 4 members (excludes halogenated alkanes) is 1. The quantitative estimate of drug-likeness (QED) is 0.0761. The van der Waals surface area contributed by atoms with Crippen molar-refractivity contribution < 1.29 is 68.0 Å². The van der Waals surface area contributed by atoms with Gasteiger partial charge < -0.3 is 53.6 Å². The molecular weight excluding hydrogens is 776 g/mol. The molecule has 60 heavy (non-hydrogen) atoms. The summed E-state index contributed by atoms with van der Waals surface area (Å²) in [7, 11) is 1.21. The van der Waals surface area contributed by atoms with Crippen molar-refractivity contribution in [1.82, 2.24) is 0 Å². The first kappa shape index (κ1) is 49.0. The van der Waals surface area contributed by atoms with Gasteiger partial charge in [0, 0.05) is 56.6 Å². The monoisotopic (exact) mass is 844 g/mol. The maximum atomic E-state index is 13.4. The smallest absolute Gasteiger partial charge is 0.331 e. The van der Waals surface area contributed by atoms with Gasteiger partial charge in [0.25, 0.3) is 0 Å². The van der Waals surface area contributed by atoms with E-state index in [1.165, 1.54) is 32.3 Å². The van der Waals surface area contributed by atoms with E-state index in [1.54, 1.807) is 45.9 Å². The van der Waals surface area contributed by atoms with E-state index >= 15 is 0 Å². The zero-order valence-electron chi connectivity index (χ0n) is 36.6. The van der Waals surface area contributed by atoms with Gasteiger partial charge >= 0.3 is 17.9 Å². The molecule has 0 aromatic heterocycles. The number of aliphatic hydroxyl groups excluding tert-OH is 2. The Morgan fingerprint density at radius 1 is 0.950 bits per heavy atom. The lowest BCUT2D eigenvalue weighted by Gasteiger charge is -2.53. The van der Waals surface area contributed by atoms with Crippen molar-refractivity contribution in [3.05, 3.63) is 72.1 Å². The van der Waals surface area contributed by atoms with Gasteiger partial charge in [-0.15, -0.1) is 0 Å². The van der Waals surface area contributed by atoms with Gasteiger partial charge in [-0.1, -0.05) is 89.6 Å². The Bertz CT molecular complexity index is 1670. The molecule has 0 radical (unpaired) electrons. The summed E-state index contributed by atoms with van der Waals surface area (Å²) in [5.74, 6) is -6.06. The Hall–Kier alpha value is -3.63. The number of allylic oxidation sites excluding steroid dienone is 4. The molecule has 0 amide bonds. The van der Waals surface area contributed by atoms with E-state index in [0.717, 1.165) is 18.4 Å². The second kappa shape index (κ2) is 21.0. The largest absolute Gasteiger partial charge is 0.493 e. The molecular formula is C46H68O14. The van der Waals surface area contributed by atoms with E-state index in [2.05, 4.69) is 6.58 Å². The van der Waals surface area contributed by atoms with Crippen molar-refractivity contribution in [2.75, 3.05) is 13.7 Å². The lowest BCUT2D eigenvalue weighted by Crippen LogP contribution is -2.62. The van der Waals surface area contributed by atoms with Crippen molar-refractivity contribution in [2.24, 2.45) is 10.8 Å². The third-order valence-corrected chi connectivity index (χ3v) is 12.1. The third kappa shape index (κ3) is 12.3. The van der Waals surface area contributed by atoms with Crippen LogP contribution >= 0.6 is 0 Å². The average Bonchev–Trinajstić information content (AvgIpc) is 3.16. The molecule has 4 aliphatic heterocycles. The van der Waals surface area contributed by atoms with Crippen LogP contribution in [-0.4, -0.2) is 112 Å². The van der Waals surface area contributed by atoms with Gasteiger partial charge in [0.15, 0.2) is 11.9 Å². The van der Waals surface area contributed by atoms with E-state index in [4.69, 9.17) is 33.2 Å². The Labute approximate surface area is 354 Å². The average molecular weight is 845 g/mol. The number of aliphatic hydroxyl groups is 4. The molecule has 4 aliphatic rings. The van der Waals surface area contributed by atoms with Crippen LogP contribution in [0, 0.1) is 10.8 Å². The van der Waals surface area contributed by atoms with Gasteiger partial charge in [-0.05, 0) is 38.2 Å². The SMILES string of the molecule is C=C1C[C@H](O)C[C@@H]2C[C@H](OC(C)=O)C(C)(C)[C@](O)(C[C@@H]3C/C(=C/C)C[C@H](/C=C/C(C)(C)[C@]4(O)O[C@@H](C/C(=C\C(=O)OC)[C@@H]4OC(=O)/C=C/C=C/CCC)C[C@H](CO)O1)O3)O2. The second-order valence-corrected chi connectivity index (χ2v) is 17.6. The summed E-state index contributed by atoms with van der Waals surface area (Å²) in [6.45, 7) is 15.7. The van der Waals surface area contributed by atoms with Gasteiger partial charge in [-0.25, -0.2) is 9.59 Å². The minimum atomic E-state index is -2.31. The highest BCUT2D eigenvalue weighted by Crippen LogP contribution is 2.50. The van der Waals surface area contributed by atoms with Crippen LogP contribution in [0.5, 0.6) is 0 Å². The van der Waals surface area contributed by atoms with Crippen molar-refractivity contribution in [3.63, 3.8) is 0 Å². The van der Waals surface area contributed by atoms with E-state index < -0.39 is 95.8 Å². The topological polar surface area (TPSA) is 197 Å². The van der Waals surface area contributed by atoms with E-state index in [0.29, 0.717) is 12.8 Å². The summed E-state index contributed by atoms with van der Waals surface area (Å²) in [6, 6.07) is 0. The first-order valence-corrected chi connectivity index (χ1v) is 21.1. The third-order valence-electron chi connectivity index (χ3n) is 12.1. The highest BCUT2D eigenvalue weighted by atomic mass is 16.7. The van der Waals surface area contributed by atoms with E-state index in [1.807, 2.05) is 26.0 Å². The van der Waals surface area contributed by atoms with Crippen molar-refractivity contribution >= 4 is 17.9 Å². The number of methoxy groups -OCH3 is 1. The molecule has 3 fully saturated rings. The highest BCUT2D eigenvalue weighted by molar-refractivity contribution is 5.84. The summed E-state index contributed by atoms with van der Waals surface area (Å²) >= 11 is 0. The number of hydrogen-bond acceptors (Lipinski definition) is 14. The molecule has 14 nitrogen and oxygen atoms in total. The van der Waals surface area contributed by atoms with Crippen molar-refractivity contribution in [2.45, 2.75) is 173 Å². The first-order valence-electron chi connectivity index (χ1n) is 21.1. The number of carbonyl (C=O) groups excluding carboxylic acids is 3. The van der Waals surface area contributed by atoms with Gasteiger partial charge in [-0.3, -0.25) is 4.79 Å². The number of fused-ring (bicyclic) bond motifs is 6. The van der Waals surface area contributed by atoms with Gasteiger partial charge in [0.2, 0.25) is 5.79 Å². The molecule has 10 atom stereocenters. The Balaban J connectivity index is 1.82. The fraction of sp³-hybridized carbons (Fsp3) is 0.674. The standard InChI is InChI=1S/C46H68O14/c1-10-12-13-14-15-16-40(50)58-42-32(23-41(51)54-9)22-35-25-38(28-47)55-29(3)19-33(49)24-36-26-39(56-30(4)48)44(7,8)45(52,59-36)27-37-21-31(11-2)20-34(57-37)17-18-43(5,6)46(42,53)60-35/h11,13-18,23,33-39,42,47,49,52-53H,3,10,12,19-22,24-28H2,1-2,4-9H3/b14-13+,16-15+,18-17+,31-11+,32-23+/t33-,34-,35-,36+,37-,38+,39-,42-,45-,46+/m0/s1. The lowest BCUT2D eigenvalue weighted by molar-refractivity contribution is -0.348. The van der Waals surface area contributed by atoms with Crippen LogP contribution in [0.2, 0.25) is 0 Å². The minimum Gasteiger partial charge on any atom is -0.493 e. The predicted molar refractivity (Wildman–Crippen MR) is 222 cm³/mol. The van der Waals surface area contributed by atoms with E-state index in [9.17, 15) is 34.8 Å². The number of carbonyl (C=O) groups is 3. The molecule has 4 heterocycles. The van der Waals surface area contributed by atoms with Crippen LogP contribution in [-0.2, 0) is 47.5 Å². The maximum absolute atomic E-state index is 13.4. The molecule has 0 aromatic rings. The molecule has 6 bridgehead atoms. The Morgan fingerprint density at radius 3 is 2.33 bits per heavy atom. The molecule has 14 heteroatoms. The fourth-order valence-corrected chi connectivity index (χ4v) is 8.45. The van der Waals surface area contributed by atoms with E-state index in [-0.39, 0.29) is 49.9 Å². The van der Waals surface area contributed by atoms with Crippen LogP contribution in [0.1, 0.15) is 113 Å². The normalized spacial score (nSPS) is 37.0. The molecule has 0 aromatic carbocycles. The molecule has 336 valence electrons. The first-order chi connectivity index (χ1) is 28.2. The zero-order valence-corrected chi connectivity index (χ0v) is 36.6. The summed E-state index contributed by atoms with van der Waals surface area (Å²) in [5, 5.41) is 47.1. The second-order valence-electron chi connectivity index (χ2n) is 17.6. The van der Waals surface area contributed by atoms with Crippen LogP contribution in [0.4, 0.5) is 0 Å². The molecule has 4 rings (SSSR count). The van der Waals surface area contributed by atoms with Crippen molar-refractivity contribution in [1.29, 1.82) is 0 Å². The predicted octanol–water partition coefficient (Wildman–Crippen LogP) is 5.73. The van der Waals surface area contributed by atoms with Gasteiger partial charge in [-0.2, -0.15) is 0 Å². The maximum Gasteiger partial charge on any atom is 0.331 e.